The van der Waals surface area contributed by atoms with Crippen LogP contribution in [0, 0.1) is 0 Å². The van der Waals surface area contributed by atoms with E-state index in [0.717, 1.165) is 16.9 Å². The number of ether oxygens (including phenoxy) is 1. The topological polar surface area (TPSA) is 61.8 Å². The Hall–Kier alpha value is -1.89. The van der Waals surface area contributed by atoms with Crippen LogP contribution in [0.25, 0.3) is 0 Å². The Kier molecular flexibility index (Phi) is 5.94. The number of carbonyl (C=O) groups is 1. The van der Waals surface area contributed by atoms with Crippen molar-refractivity contribution in [3.8, 4) is 0 Å². The van der Waals surface area contributed by atoms with Crippen molar-refractivity contribution in [2.24, 2.45) is 0 Å². The van der Waals surface area contributed by atoms with E-state index in [-0.39, 0.29) is 12.5 Å². The van der Waals surface area contributed by atoms with Crippen molar-refractivity contribution in [3.63, 3.8) is 0 Å². The smallest absolute Gasteiger partial charge is 0.266 e. The van der Waals surface area contributed by atoms with E-state index in [2.05, 4.69) is 5.32 Å². The number of hydrogen-bond donors (Lipinski definition) is 2. The van der Waals surface area contributed by atoms with Gasteiger partial charge in [-0.1, -0.05) is 0 Å². The molecule has 0 saturated carbocycles. The van der Waals surface area contributed by atoms with Crippen LogP contribution in [0.15, 0.2) is 35.7 Å². The first kappa shape index (κ1) is 16.5. The van der Waals surface area contributed by atoms with Gasteiger partial charge in [-0.3, -0.25) is 4.79 Å². The van der Waals surface area contributed by atoms with Crippen LogP contribution in [0.4, 0.5) is 11.4 Å². The molecule has 118 valence electrons. The molecule has 1 aromatic carbocycles. The number of amides is 1. The van der Waals surface area contributed by atoms with Crippen molar-refractivity contribution in [1.82, 2.24) is 0 Å². The van der Waals surface area contributed by atoms with Crippen LogP contribution < -0.4 is 10.2 Å². The zero-order chi connectivity index (χ0) is 15.9. The summed E-state index contributed by atoms with van der Waals surface area (Å²) in [6.45, 7) is 1.11. The third-order valence-corrected chi connectivity index (χ3v) is 4.21. The van der Waals surface area contributed by atoms with E-state index in [4.69, 9.17) is 9.84 Å². The number of rotatable bonds is 7. The molecular weight excluding hydrogens is 300 g/mol. The van der Waals surface area contributed by atoms with Crippen molar-refractivity contribution in [2.45, 2.75) is 6.61 Å². The fraction of sp³-hybridized carbons (Fsp3) is 0.312. The van der Waals surface area contributed by atoms with Crippen LogP contribution in [-0.2, 0) is 11.3 Å². The molecule has 0 aliphatic rings. The number of likely N-dealkylation sites (N-methyl/N-ethyl adjacent to an activating group) is 1. The number of hydrogen-bond acceptors (Lipinski definition) is 5. The number of anilines is 2. The summed E-state index contributed by atoms with van der Waals surface area (Å²) in [5.41, 5.74) is 2.62. The standard InChI is InChI=1S/C16H20N2O3S/c1-18(8-9-19)14-5-3-13(4-6-14)17-16(20)15-12(11-21-2)7-10-22-15/h3-7,10,19H,8-9,11H2,1-2H3,(H,17,20). The number of thiophene rings is 1. The van der Waals surface area contributed by atoms with Crippen molar-refractivity contribution in [2.75, 3.05) is 37.5 Å². The van der Waals surface area contributed by atoms with Crippen LogP contribution in [0.3, 0.4) is 0 Å². The van der Waals surface area contributed by atoms with Gasteiger partial charge in [0.25, 0.3) is 5.91 Å². The molecule has 0 atom stereocenters. The van der Waals surface area contributed by atoms with Gasteiger partial charge in [-0.25, -0.2) is 0 Å². The Morgan fingerprint density at radius 1 is 1.32 bits per heavy atom. The average molecular weight is 320 g/mol. The summed E-state index contributed by atoms with van der Waals surface area (Å²) in [4.78, 5) is 14.9. The molecule has 1 aromatic heterocycles. The number of benzene rings is 1. The molecule has 6 heteroatoms. The van der Waals surface area contributed by atoms with E-state index in [1.54, 1.807) is 7.11 Å². The third-order valence-electron chi connectivity index (χ3n) is 3.25. The molecule has 0 aliphatic carbocycles. The quantitative estimate of drug-likeness (QED) is 0.823. The second-order valence-corrected chi connectivity index (χ2v) is 5.77. The number of nitrogens with one attached hydrogen (secondary N) is 1. The number of carbonyl (C=O) groups excluding carboxylic acids is 1. The Balaban J connectivity index is 2.04. The van der Waals surface area contributed by atoms with Crippen molar-refractivity contribution >= 4 is 28.6 Å². The lowest BCUT2D eigenvalue weighted by Gasteiger charge is -2.18. The maximum atomic E-state index is 12.3. The van der Waals surface area contributed by atoms with Crippen LogP contribution in [0.2, 0.25) is 0 Å². The predicted molar refractivity (Wildman–Crippen MR) is 89.8 cm³/mol. The van der Waals surface area contributed by atoms with Gasteiger partial charge in [-0.2, -0.15) is 0 Å². The first-order chi connectivity index (χ1) is 10.7. The molecule has 0 spiro atoms. The molecule has 5 nitrogen and oxygen atoms in total. The summed E-state index contributed by atoms with van der Waals surface area (Å²) >= 11 is 1.40. The zero-order valence-corrected chi connectivity index (χ0v) is 13.5. The molecule has 0 fully saturated rings. The van der Waals surface area contributed by atoms with Gasteiger partial charge in [0.15, 0.2) is 0 Å². The lowest BCUT2D eigenvalue weighted by molar-refractivity contribution is 0.102. The summed E-state index contributed by atoms with van der Waals surface area (Å²) in [7, 11) is 3.52. The van der Waals surface area contributed by atoms with Crippen molar-refractivity contribution in [3.05, 3.63) is 46.2 Å². The summed E-state index contributed by atoms with van der Waals surface area (Å²) in [5, 5.41) is 13.7. The van der Waals surface area contributed by atoms with E-state index in [1.807, 2.05) is 47.7 Å². The molecule has 22 heavy (non-hydrogen) atoms. The van der Waals surface area contributed by atoms with E-state index in [9.17, 15) is 4.79 Å². The van der Waals surface area contributed by atoms with Crippen LogP contribution >= 0.6 is 11.3 Å². The SMILES string of the molecule is COCc1ccsc1C(=O)Nc1ccc(N(C)CCO)cc1. The first-order valence-corrected chi connectivity index (χ1v) is 7.82. The second-order valence-electron chi connectivity index (χ2n) is 4.85. The van der Waals surface area contributed by atoms with Gasteiger partial charge in [-0.15, -0.1) is 11.3 Å². The maximum absolute atomic E-state index is 12.3. The van der Waals surface area contributed by atoms with Gasteiger partial charge >= 0.3 is 0 Å². The molecule has 1 amide bonds. The Morgan fingerprint density at radius 2 is 2.05 bits per heavy atom. The summed E-state index contributed by atoms with van der Waals surface area (Å²) in [6.07, 6.45) is 0. The van der Waals surface area contributed by atoms with Crippen molar-refractivity contribution in [1.29, 1.82) is 0 Å². The molecule has 0 bridgehead atoms. The number of methoxy groups -OCH3 is 1. The number of nitrogens with zero attached hydrogens (tertiary/aromatic N) is 1. The molecule has 2 rings (SSSR count). The van der Waals surface area contributed by atoms with Gasteiger partial charge in [0.05, 0.1) is 18.1 Å². The molecule has 2 N–H and O–H groups in total. The van der Waals surface area contributed by atoms with Crippen LogP contribution in [-0.4, -0.2) is 38.3 Å². The lowest BCUT2D eigenvalue weighted by atomic mass is 10.2. The van der Waals surface area contributed by atoms with E-state index >= 15 is 0 Å². The molecular formula is C16H20N2O3S. The minimum absolute atomic E-state index is 0.107. The lowest BCUT2D eigenvalue weighted by Crippen LogP contribution is -2.21. The normalized spacial score (nSPS) is 10.5. The van der Waals surface area contributed by atoms with Gasteiger partial charge in [0.2, 0.25) is 0 Å². The molecule has 1 heterocycles. The molecule has 0 unspecified atom stereocenters. The van der Waals surface area contributed by atoms with E-state index in [1.165, 1.54) is 11.3 Å². The summed E-state index contributed by atoms with van der Waals surface area (Å²) < 4.78 is 5.09. The Morgan fingerprint density at radius 3 is 2.68 bits per heavy atom. The van der Waals surface area contributed by atoms with E-state index < -0.39 is 0 Å². The number of aliphatic hydroxyl groups is 1. The maximum Gasteiger partial charge on any atom is 0.266 e. The second kappa shape index (κ2) is 7.93. The molecule has 0 aliphatic heterocycles. The Bertz CT molecular complexity index is 610. The summed E-state index contributed by atoms with van der Waals surface area (Å²) in [5.74, 6) is -0.126. The molecule has 0 saturated heterocycles. The van der Waals surface area contributed by atoms with Gasteiger partial charge in [0.1, 0.15) is 0 Å². The Labute approximate surface area is 134 Å². The largest absolute Gasteiger partial charge is 0.395 e. The highest BCUT2D eigenvalue weighted by atomic mass is 32.1. The van der Waals surface area contributed by atoms with Gasteiger partial charge < -0.3 is 20.1 Å². The molecule has 2 aromatic rings. The highest BCUT2D eigenvalue weighted by molar-refractivity contribution is 7.12. The van der Waals surface area contributed by atoms with Crippen molar-refractivity contribution < 1.29 is 14.6 Å². The average Bonchev–Trinajstić information content (AvgIpc) is 2.97. The van der Waals surface area contributed by atoms with Gasteiger partial charge in [0, 0.05) is 37.6 Å². The fourth-order valence-electron chi connectivity index (χ4n) is 2.07. The summed E-state index contributed by atoms with van der Waals surface area (Å²) in [6, 6.07) is 9.43. The third kappa shape index (κ3) is 4.07. The van der Waals surface area contributed by atoms with Crippen LogP contribution in [0.1, 0.15) is 15.2 Å². The monoisotopic (exact) mass is 320 g/mol. The predicted octanol–water partition coefficient (Wildman–Crippen LogP) is 2.58. The van der Waals surface area contributed by atoms with Gasteiger partial charge in [-0.05, 0) is 35.7 Å². The minimum atomic E-state index is -0.126. The van der Waals surface area contributed by atoms with E-state index in [0.29, 0.717) is 18.0 Å². The molecule has 0 radical (unpaired) electrons. The van der Waals surface area contributed by atoms with Crippen LogP contribution in [0.5, 0.6) is 0 Å². The highest BCUT2D eigenvalue weighted by Gasteiger charge is 2.13. The fourth-order valence-corrected chi connectivity index (χ4v) is 2.88. The number of aliphatic hydroxyl groups excluding tert-OH is 1. The zero-order valence-electron chi connectivity index (χ0n) is 12.7. The first-order valence-electron chi connectivity index (χ1n) is 6.94. The highest BCUT2D eigenvalue weighted by Crippen LogP contribution is 2.21. The minimum Gasteiger partial charge on any atom is -0.395 e.